The molecule has 0 atom stereocenters. The minimum atomic E-state index is -0.680. The number of benzene rings is 2. The van der Waals surface area contributed by atoms with E-state index in [0.29, 0.717) is 17.9 Å². The second kappa shape index (κ2) is 6.16. The van der Waals surface area contributed by atoms with Gasteiger partial charge in [-0.2, -0.15) is 5.26 Å². The molecule has 0 aliphatic rings. The van der Waals surface area contributed by atoms with E-state index in [1.807, 2.05) is 0 Å². The topological polar surface area (TPSA) is 102 Å². The molecule has 0 radical (unpaired) electrons. The fourth-order valence-corrected chi connectivity index (χ4v) is 2.05. The number of carbonyl (C=O) groups excluding carboxylic acids is 1. The Bertz CT molecular complexity index is 721. The normalized spacial score (nSPS) is 9.90. The van der Waals surface area contributed by atoms with Crippen molar-refractivity contribution >= 4 is 23.2 Å². The zero-order valence-corrected chi connectivity index (χ0v) is 11.7. The largest absolute Gasteiger partial charge is 0.455 e. The summed E-state index contributed by atoms with van der Waals surface area (Å²) in [6.45, 7) is 0. The molecular formula is C15H12ClN3O2. The number of amides is 1. The van der Waals surface area contributed by atoms with Crippen LogP contribution in [0.15, 0.2) is 36.4 Å². The first-order valence-corrected chi connectivity index (χ1v) is 6.41. The maximum Gasteiger partial charge on any atom is 0.252 e. The van der Waals surface area contributed by atoms with Gasteiger partial charge in [0.15, 0.2) is 5.75 Å². The van der Waals surface area contributed by atoms with Crippen LogP contribution in [0.25, 0.3) is 0 Å². The van der Waals surface area contributed by atoms with Crippen molar-refractivity contribution in [3.63, 3.8) is 0 Å². The number of hydrogen-bond donors (Lipinski definition) is 2. The van der Waals surface area contributed by atoms with Crippen LogP contribution in [-0.2, 0) is 6.42 Å². The standard InChI is InChI=1S/C15H12ClN3O2/c16-13-8-10(18)7-12(15(19)20)14(13)21-11-3-1-9(2-4-11)5-6-17/h1-4,7-8H,5,18H2,(H2,19,20). The molecular weight excluding hydrogens is 290 g/mol. The summed E-state index contributed by atoms with van der Waals surface area (Å²) in [6.07, 6.45) is 0.315. The predicted molar refractivity (Wildman–Crippen MR) is 80.2 cm³/mol. The molecule has 0 saturated heterocycles. The lowest BCUT2D eigenvalue weighted by Crippen LogP contribution is -2.13. The van der Waals surface area contributed by atoms with E-state index in [9.17, 15) is 4.79 Å². The Morgan fingerprint density at radius 2 is 1.95 bits per heavy atom. The third kappa shape index (κ3) is 3.44. The van der Waals surface area contributed by atoms with E-state index in [1.54, 1.807) is 24.3 Å². The van der Waals surface area contributed by atoms with Crippen LogP contribution < -0.4 is 16.2 Å². The van der Waals surface area contributed by atoms with Gasteiger partial charge in [0.25, 0.3) is 5.91 Å². The monoisotopic (exact) mass is 301 g/mol. The van der Waals surface area contributed by atoms with Crippen molar-refractivity contribution in [2.75, 3.05) is 5.73 Å². The summed E-state index contributed by atoms with van der Waals surface area (Å²) < 4.78 is 5.62. The summed E-state index contributed by atoms with van der Waals surface area (Å²) in [4.78, 5) is 11.4. The van der Waals surface area contributed by atoms with E-state index in [4.69, 9.17) is 33.1 Å². The zero-order valence-electron chi connectivity index (χ0n) is 11.0. The van der Waals surface area contributed by atoms with E-state index in [0.717, 1.165) is 5.56 Å². The van der Waals surface area contributed by atoms with Crippen LogP contribution in [0.5, 0.6) is 11.5 Å². The minimum absolute atomic E-state index is 0.112. The van der Waals surface area contributed by atoms with Gasteiger partial charge in [-0.25, -0.2) is 0 Å². The van der Waals surface area contributed by atoms with Crippen molar-refractivity contribution in [3.05, 3.63) is 52.5 Å². The van der Waals surface area contributed by atoms with E-state index >= 15 is 0 Å². The molecule has 4 N–H and O–H groups in total. The summed E-state index contributed by atoms with van der Waals surface area (Å²) in [6, 6.07) is 11.8. The number of nitrogens with two attached hydrogens (primary N) is 2. The van der Waals surface area contributed by atoms with E-state index in [-0.39, 0.29) is 16.3 Å². The van der Waals surface area contributed by atoms with E-state index in [2.05, 4.69) is 6.07 Å². The molecule has 5 nitrogen and oxygen atoms in total. The highest BCUT2D eigenvalue weighted by atomic mass is 35.5. The van der Waals surface area contributed by atoms with Crippen molar-refractivity contribution in [1.29, 1.82) is 5.26 Å². The molecule has 0 aliphatic heterocycles. The Hall–Kier alpha value is -2.71. The molecule has 0 aliphatic carbocycles. The highest BCUT2D eigenvalue weighted by Gasteiger charge is 2.15. The Morgan fingerprint density at radius 1 is 1.29 bits per heavy atom. The lowest BCUT2D eigenvalue weighted by atomic mass is 10.1. The van der Waals surface area contributed by atoms with E-state index in [1.165, 1.54) is 12.1 Å². The van der Waals surface area contributed by atoms with Crippen molar-refractivity contribution in [2.24, 2.45) is 5.73 Å². The van der Waals surface area contributed by atoms with Crippen molar-refractivity contribution < 1.29 is 9.53 Å². The molecule has 6 heteroatoms. The molecule has 2 aromatic rings. The summed E-state index contributed by atoms with van der Waals surface area (Å²) in [5.74, 6) is -0.0439. The van der Waals surface area contributed by atoms with Crippen molar-refractivity contribution in [1.82, 2.24) is 0 Å². The van der Waals surface area contributed by atoms with Crippen LogP contribution in [0.2, 0.25) is 5.02 Å². The van der Waals surface area contributed by atoms with Gasteiger partial charge in [-0.15, -0.1) is 0 Å². The molecule has 2 rings (SSSR count). The smallest absolute Gasteiger partial charge is 0.252 e. The molecule has 106 valence electrons. The first-order valence-electron chi connectivity index (χ1n) is 6.04. The number of anilines is 1. The Morgan fingerprint density at radius 3 is 2.52 bits per heavy atom. The van der Waals surface area contributed by atoms with Gasteiger partial charge < -0.3 is 16.2 Å². The first-order chi connectivity index (χ1) is 10.0. The van der Waals surface area contributed by atoms with Crippen LogP contribution in [-0.4, -0.2) is 5.91 Å². The molecule has 0 heterocycles. The highest BCUT2D eigenvalue weighted by Crippen LogP contribution is 2.35. The number of nitrogen functional groups attached to an aromatic ring is 1. The molecule has 0 saturated carbocycles. The summed E-state index contributed by atoms with van der Waals surface area (Å²) in [7, 11) is 0. The van der Waals surface area contributed by atoms with Crippen LogP contribution >= 0.6 is 11.6 Å². The van der Waals surface area contributed by atoms with Gasteiger partial charge in [0.05, 0.1) is 23.1 Å². The number of carbonyl (C=O) groups is 1. The molecule has 0 aromatic heterocycles. The second-order valence-electron chi connectivity index (χ2n) is 4.32. The van der Waals surface area contributed by atoms with Gasteiger partial charge in [0.2, 0.25) is 0 Å². The number of rotatable bonds is 4. The fraction of sp³-hybridized carbons (Fsp3) is 0.0667. The average molecular weight is 302 g/mol. The van der Waals surface area contributed by atoms with Gasteiger partial charge in [-0.3, -0.25) is 4.79 Å². The number of primary amides is 1. The van der Waals surface area contributed by atoms with Crippen LogP contribution in [0.4, 0.5) is 5.69 Å². The zero-order chi connectivity index (χ0) is 15.4. The second-order valence-corrected chi connectivity index (χ2v) is 4.73. The number of halogens is 1. The van der Waals surface area contributed by atoms with Gasteiger partial charge in [0, 0.05) is 5.69 Å². The summed E-state index contributed by atoms with van der Waals surface area (Å²) in [5.41, 5.74) is 12.2. The molecule has 21 heavy (non-hydrogen) atoms. The number of ether oxygens (including phenoxy) is 1. The molecule has 2 aromatic carbocycles. The number of nitriles is 1. The molecule has 0 bridgehead atoms. The Balaban J connectivity index is 2.35. The van der Waals surface area contributed by atoms with Gasteiger partial charge in [-0.05, 0) is 29.8 Å². The third-order valence-electron chi connectivity index (χ3n) is 2.76. The Labute approximate surface area is 126 Å². The number of nitrogens with zero attached hydrogens (tertiary/aromatic N) is 1. The first kappa shape index (κ1) is 14.7. The SMILES string of the molecule is N#CCc1ccc(Oc2c(Cl)cc(N)cc2C(N)=O)cc1. The minimum Gasteiger partial charge on any atom is -0.455 e. The maximum absolute atomic E-state index is 11.4. The van der Waals surface area contributed by atoms with Crippen LogP contribution in [0, 0.1) is 11.3 Å². The lowest BCUT2D eigenvalue weighted by Gasteiger charge is -2.12. The summed E-state index contributed by atoms with van der Waals surface area (Å²) in [5, 5.41) is 8.82. The maximum atomic E-state index is 11.4. The molecule has 0 fully saturated rings. The Kier molecular flexibility index (Phi) is 4.31. The fourth-order valence-electron chi connectivity index (χ4n) is 1.79. The lowest BCUT2D eigenvalue weighted by molar-refractivity contribution is 0.0998. The molecule has 1 amide bonds. The van der Waals surface area contributed by atoms with Gasteiger partial charge >= 0.3 is 0 Å². The molecule has 0 spiro atoms. The predicted octanol–water partition coefficient (Wildman–Crippen LogP) is 2.88. The van der Waals surface area contributed by atoms with Crippen LogP contribution in [0.3, 0.4) is 0 Å². The quantitative estimate of drug-likeness (QED) is 0.847. The van der Waals surface area contributed by atoms with Gasteiger partial charge in [-0.1, -0.05) is 23.7 Å². The van der Waals surface area contributed by atoms with Crippen molar-refractivity contribution in [2.45, 2.75) is 6.42 Å². The van der Waals surface area contributed by atoms with Crippen molar-refractivity contribution in [3.8, 4) is 17.6 Å². The average Bonchev–Trinajstić information content (AvgIpc) is 2.43. The number of hydrogen-bond acceptors (Lipinski definition) is 4. The molecule has 0 unspecified atom stereocenters. The summed E-state index contributed by atoms with van der Waals surface area (Å²) >= 11 is 6.05. The third-order valence-corrected chi connectivity index (χ3v) is 3.04. The van der Waals surface area contributed by atoms with Gasteiger partial charge in [0.1, 0.15) is 5.75 Å². The van der Waals surface area contributed by atoms with E-state index < -0.39 is 5.91 Å². The highest BCUT2D eigenvalue weighted by molar-refractivity contribution is 6.33. The van der Waals surface area contributed by atoms with Crippen LogP contribution in [0.1, 0.15) is 15.9 Å².